The first kappa shape index (κ1) is 35.3. The van der Waals surface area contributed by atoms with Crippen molar-refractivity contribution in [2.45, 2.75) is 74.8 Å². The first-order valence-electron chi connectivity index (χ1n) is 14.5. The van der Waals surface area contributed by atoms with Crippen LogP contribution in [0.15, 0.2) is 42.5 Å². The Bertz CT molecular complexity index is 1340. The van der Waals surface area contributed by atoms with E-state index in [-0.39, 0.29) is 30.3 Å². The smallest absolute Gasteiger partial charge is 0.331 e. The van der Waals surface area contributed by atoms with Crippen molar-refractivity contribution < 1.29 is 73.7 Å². The van der Waals surface area contributed by atoms with Crippen molar-refractivity contribution in [3.63, 3.8) is 0 Å². The maximum atomic E-state index is 12.9. The largest absolute Gasteiger partial charge is 0.504 e. The second kappa shape index (κ2) is 15.9. The molecule has 7 N–H and O–H groups in total. The van der Waals surface area contributed by atoms with Gasteiger partial charge in [0.05, 0.1) is 33.5 Å². The summed E-state index contributed by atoms with van der Waals surface area (Å²) >= 11 is 0. The SMILES string of the molecule is COc1ccc(CCO[C@@H]2O[C@@H](CO)[C@H](OC(=O)/C=C/c3ccc(O)c(OC)c3)[C@H](O[C@@H]3O[C@H](C)[C@H](O)[C@@H](O)[C@H]3O)[C@H]2O)cc1O. The van der Waals surface area contributed by atoms with Gasteiger partial charge in [0.2, 0.25) is 0 Å². The van der Waals surface area contributed by atoms with Crippen LogP contribution in [0.2, 0.25) is 0 Å². The number of methoxy groups -OCH3 is 2. The van der Waals surface area contributed by atoms with E-state index in [0.717, 1.165) is 6.08 Å². The molecule has 2 aromatic carbocycles. The van der Waals surface area contributed by atoms with Gasteiger partial charge in [-0.25, -0.2) is 4.79 Å². The standard InChI is InChI=1S/C31H40O15/c1-15-24(36)25(37)26(38)31(43-15)46-29-27(39)30(42-11-10-17-5-8-20(40-2)19(34)12-17)44-22(14-32)28(29)45-23(35)9-6-16-4-7-18(33)21(13-16)41-3/h4-9,12-13,15,22,24-34,36-39H,10-11,14H2,1-3H3/b9-6+/t15-,22+,24+,25-,26-,27-,28+,29-,30-,31+/m1/s1. The van der Waals surface area contributed by atoms with E-state index < -0.39 is 74.0 Å². The highest BCUT2D eigenvalue weighted by molar-refractivity contribution is 5.87. The minimum atomic E-state index is -1.75. The molecular formula is C31H40O15. The molecule has 0 unspecified atom stereocenters. The van der Waals surface area contributed by atoms with Gasteiger partial charge in [-0.2, -0.15) is 0 Å². The maximum Gasteiger partial charge on any atom is 0.331 e. The summed E-state index contributed by atoms with van der Waals surface area (Å²) in [6.45, 7) is 0.712. The lowest BCUT2D eigenvalue weighted by atomic mass is 9.97. The highest BCUT2D eigenvalue weighted by atomic mass is 16.7. The molecule has 46 heavy (non-hydrogen) atoms. The van der Waals surface area contributed by atoms with E-state index in [9.17, 15) is 40.5 Å². The van der Waals surface area contributed by atoms with Crippen LogP contribution in [-0.4, -0.2) is 131 Å². The lowest BCUT2D eigenvalue weighted by Crippen LogP contribution is -2.65. The van der Waals surface area contributed by atoms with Crippen LogP contribution in [0, 0.1) is 0 Å². The molecule has 2 aromatic rings. The predicted octanol–water partition coefficient (Wildman–Crippen LogP) is -0.410. The van der Waals surface area contributed by atoms with Crippen molar-refractivity contribution in [3.8, 4) is 23.0 Å². The number of benzene rings is 2. The van der Waals surface area contributed by atoms with Gasteiger partial charge in [-0.1, -0.05) is 12.1 Å². The Balaban J connectivity index is 1.52. The second-order valence-electron chi connectivity index (χ2n) is 10.8. The Kier molecular flexibility index (Phi) is 12.2. The molecular weight excluding hydrogens is 612 g/mol. The van der Waals surface area contributed by atoms with Crippen LogP contribution < -0.4 is 9.47 Å². The summed E-state index contributed by atoms with van der Waals surface area (Å²) in [6.07, 6.45) is -12.1. The minimum absolute atomic E-state index is 0.0217. The van der Waals surface area contributed by atoms with Gasteiger partial charge in [0, 0.05) is 6.08 Å². The number of phenols is 2. The van der Waals surface area contributed by atoms with Gasteiger partial charge in [-0.15, -0.1) is 0 Å². The van der Waals surface area contributed by atoms with Crippen LogP contribution in [0.25, 0.3) is 6.08 Å². The average molecular weight is 653 g/mol. The summed E-state index contributed by atoms with van der Waals surface area (Å²) in [6, 6.07) is 9.16. The van der Waals surface area contributed by atoms with Gasteiger partial charge in [-0.3, -0.25) is 0 Å². The molecule has 2 aliphatic rings. The zero-order valence-electron chi connectivity index (χ0n) is 25.4. The molecule has 15 heteroatoms. The van der Waals surface area contributed by atoms with Crippen LogP contribution in [0.4, 0.5) is 0 Å². The Morgan fingerprint density at radius 3 is 2.26 bits per heavy atom. The Morgan fingerprint density at radius 2 is 1.59 bits per heavy atom. The molecule has 10 atom stereocenters. The van der Waals surface area contributed by atoms with Crippen LogP contribution in [-0.2, 0) is 34.9 Å². The van der Waals surface area contributed by atoms with E-state index in [0.29, 0.717) is 16.9 Å². The number of ether oxygens (including phenoxy) is 7. The van der Waals surface area contributed by atoms with Crippen molar-refractivity contribution in [1.29, 1.82) is 0 Å². The van der Waals surface area contributed by atoms with Gasteiger partial charge in [0.25, 0.3) is 0 Å². The molecule has 0 amide bonds. The van der Waals surface area contributed by atoms with E-state index in [1.54, 1.807) is 12.1 Å². The number of aliphatic hydroxyl groups excluding tert-OH is 5. The number of hydrogen-bond acceptors (Lipinski definition) is 15. The summed E-state index contributed by atoms with van der Waals surface area (Å²) in [5.41, 5.74) is 1.16. The van der Waals surface area contributed by atoms with Gasteiger partial charge in [0.15, 0.2) is 41.7 Å². The number of rotatable bonds is 12. The molecule has 0 aromatic heterocycles. The highest BCUT2D eigenvalue weighted by Gasteiger charge is 2.52. The van der Waals surface area contributed by atoms with Crippen LogP contribution >= 0.6 is 0 Å². The normalized spacial score (nSPS) is 31.5. The number of hydrogen-bond donors (Lipinski definition) is 7. The topological polar surface area (TPSA) is 223 Å². The van der Waals surface area contributed by atoms with Gasteiger partial charge in [-0.05, 0) is 54.8 Å². The Labute approximate surface area is 264 Å². The van der Waals surface area contributed by atoms with E-state index in [1.807, 2.05) is 0 Å². The number of aromatic hydroxyl groups is 2. The van der Waals surface area contributed by atoms with Gasteiger partial charge < -0.3 is 68.9 Å². The third-order valence-corrected chi connectivity index (χ3v) is 7.68. The molecule has 0 spiro atoms. The first-order chi connectivity index (χ1) is 22.0. The molecule has 4 rings (SSSR count). The maximum absolute atomic E-state index is 12.9. The number of carbonyl (C=O) groups is 1. The molecule has 15 nitrogen and oxygen atoms in total. The lowest BCUT2D eigenvalue weighted by Gasteiger charge is -2.46. The number of esters is 1. The molecule has 2 aliphatic heterocycles. The fourth-order valence-electron chi connectivity index (χ4n) is 5.08. The van der Waals surface area contributed by atoms with Gasteiger partial charge >= 0.3 is 5.97 Å². The Morgan fingerprint density at radius 1 is 0.848 bits per heavy atom. The lowest BCUT2D eigenvalue weighted by molar-refractivity contribution is -0.357. The summed E-state index contributed by atoms with van der Waals surface area (Å²) in [7, 11) is 2.79. The van der Waals surface area contributed by atoms with Crippen molar-refractivity contribution in [3.05, 3.63) is 53.6 Å². The summed E-state index contributed by atoms with van der Waals surface area (Å²) in [4.78, 5) is 12.9. The fourth-order valence-corrected chi connectivity index (χ4v) is 5.08. The molecule has 2 saturated heterocycles. The number of phenolic OH excluding ortho intramolecular Hbond substituents is 2. The molecule has 2 heterocycles. The van der Waals surface area contributed by atoms with Crippen LogP contribution in [0.3, 0.4) is 0 Å². The van der Waals surface area contributed by atoms with Crippen molar-refractivity contribution in [2.75, 3.05) is 27.4 Å². The third kappa shape index (κ3) is 8.25. The van der Waals surface area contributed by atoms with Gasteiger partial charge in [0.1, 0.15) is 36.6 Å². The van der Waals surface area contributed by atoms with Crippen molar-refractivity contribution in [1.82, 2.24) is 0 Å². The third-order valence-electron chi connectivity index (χ3n) is 7.68. The van der Waals surface area contributed by atoms with Crippen LogP contribution in [0.5, 0.6) is 23.0 Å². The molecule has 2 fully saturated rings. The number of carbonyl (C=O) groups excluding carboxylic acids is 1. The first-order valence-corrected chi connectivity index (χ1v) is 14.5. The summed E-state index contributed by atoms with van der Waals surface area (Å²) in [5, 5.41) is 72.3. The van der Waals surface area contributed by atoms with Crippen LogP contribution in [0.1, 0.15) is 18.1 Å². The van der Waals surface area contributed by atoms with E-state index >= 15 is 0 Å². The van der Waals surface area contributed by atoms with Crippen molar-refractivity contribution >= 4 is 12.0 Å². The quantitative estimate of drug-likeness (QED) is 0.114. The molecule has 0 saturated carbocycles. The molecule has 0 aliphatic carbocycles. The zero-order chi connectivity index (χ0) is 33.5. The zero-order valence-corrected chi connectivity index (χ0v) is 25.4. The Hall–Kier alpha value is -3.51. The summed E-state index contributed by atoms with van der Waals surface area (Å²) in [5.74, 6) is -0.625. The predicted molar refractivity (Wildman–Crippen MR) is 157 cm³/mol. The van der Waals surface area contributed by atoms with Crippen molar-refractivity contribution in [2.24, 2.45) is 0 Å². The fraction of sp³-hybridized carbons (Fsp3) is 0.516. The molecule has 0 radical (unpaired) electrons. The number of aliphatic hydroxyl groups is 5. The van der Waals surface area contributed by atoms with E-state index in [4.69, 9.17) is 33.2 Å². The van der Waals surface area contributed by atoms with E-state index in [2.05, 4.69) is 0 Å². The minimum Gasteiger partial charge on any atom is -0.504 e. The molecule has 0 bridgehead atoms. The second-order valence-corrected chi connectivity index (χ2v) is 10.8. The molecule has 254 valence electrons. The highest BCUT2D eigenvalue weighted by Crippen LogP contribution is 2.32. The summed E-state index contributed by atoms with van der Waals surface area (Å²) < 4.78 is 38.6. The average Bonchev–Trinajstić information content (AvgIpc) is 3.04. The van der Waals surface area contributed by atoms with E-state index in [1.165, 1.54) is 51.5 Å². The monoisotopic (exact) mass is 652 g/mol.